The molecule has 0 bridgehead atoms. The van der Waals surface area contributed by atoms with Gasteiger partial charge in [0, 0.05) is 11.6 Å². The minimum absolute atomic E-state index is 0.0686. The Balaban J connectivity index is 1.89. The van der Waals surface area contributed by atoms with Crippen molar-refractivity contribution >= 4 is 5.78 Å². The summed E-state index contributed by atoms with van der Waals surface area (Å²) in [7, 11) is 0. The van der Waals surface area contributed by atoms with Gasteiger partial charge in [-0.1, -0.05) is 29.4 Å². The van der Waals surface area contributed by atoms with Crippen molar-refractivity contribution in [3.8, 4) is 28.7 Å². The Bertz CT molecular complexity index is 1090. The van der Waals surface area contributed by atoms with Crippen LogP contribution in [-0.2, 0) is 6.42 Å². The SMILES string of the molecule is CC(C)=CCC/C(C)=C/Cc1c(O)cc2c(c1O)C(=O)[C@@H](O)[C@H](c1ccc(O)c(O)c1)O2. The number of carbonyl (C=O) groups excluding carboxylic acids is 1. The number of phenolic OH excluding ortho intramolecular Hbond substituents is 4. The molecule has 5 N–H and O–H groups in total. The minimum atomic E-state index is -1.64. The molecule has 0 aliphatic carbocycles. The lowest BCUT2D eigenvalue weighted by Crippen LogP contribution is -2.36. The molecule has 1 aliphatic heterocycles. The Morgan fingerprint density at radius 1 is 1.00 bits per heavy atom. The number of rotatable bonds is 6. The third-order valence-corrected chi connectivity index (χ3v) is 5.48. The molecule has 1 aliphatic rings. The van der Waals surface area contributed by atoms with Crippen LogP contribution in [0.4, 0.5) is 0 Å². The molecule has 0 fully saturated rings. The van der Waals surface area contributed by atoms with Crippen LogP contribution in [-0.4, -0.2) is 37.4 Å². The van der Waals surface area contributed by atoms with Crippen LogP contribution in [0.2, 0.25) is 0 Å². The van der Waals surface area contributed by atoms with Gasteiger partial charge in [0.15, 0.2) is 23.7 Å². The molecule has 0 saturated heterocycles. The monoisotopic (exact) mass is 440 g/mol. The summed E-state index contributed by atoms with van der Waals surface area (Å²) in [6, 6.07) is 5.04. The Hall–Kier alpha value is -3.45. The lowest BCUT2D eigenvalue weighted by Gasteiger charge is -2.31. The van der Waals surface area contributed by atoms with Gasteiger partial charge in [0.2, 0.25) is 5.78 Å². The van der Waals surface area contributed by atoms with Gasteiger partial charge in [-0.25, -0.2) is 0 Å². The molecule has 2 aromatic carbocycles. The third-order valence-electron chi connectivity index (χ3n) is 5.48. The Kier molecular flexibility index (Phi) is 6.79. The van der Waals surface area contributed by atoms with Gasteiger partial charge in [0.25, 0.3) is 0 Å². The zero-order chi connectivity index (χ0) is 23.6. The number of carbonyl (C=O) groups is 1. The number of aromatic hydroxyl groups is 4. The second kappa shape index (κ2) is 9.36. The number of ether oxygens (including phenoxy) is 1. The summed E-state index contributed by atoms with van der Waals surface area (Å²) >= 11 is 0. The van der Waals surface area contributed by atoms with Crippen molar-refractivity contribution in [2.75, 3.05) is 0 Å². The quantitative estimate of drug-likeness (QED) is 0.332. The highest BCUT2D eigenvalue weighted by Crippen LogP contribution is 2.45. The maximum Gasteiger partial charge on any atom is 0.202 e. The summed E-state index contributed by atoms with van der Waals surface area (Å²) in [6.07, 6.45) is 3.13. The maximum atomic E-state index is 12.9. The predicted octanol–water partition coefficient (Wildman–Crippen LogP) is 4.42. The second-order valence-corrected chi connectivity index (χ2v) is 8.27. The number of aliphatic hydroxyl groups is 1. The van der Waals surface area contributed by atoms with E-state index in [1.54, 1.807) is 0 Å². The van der Waals surface area contributed by atoms with Crippen LogP contribution in [0.25, 0.3) is 0 Å². The van der Waals surface area contributed by atoms with E-state index in [2.05, 4.69) is 6.08 Å². The molecule has 2 aromatic rings. The molecule has 2 atom stereocenters. The van der Waals surface area contributed by atoms with E-state index in [4.69, 9.17) is 4.74 Å². The van der Waals surface area contributed by atoms with Crippen LogP contribution in [0, 0.1) is 0 Å². The first kappa shape index (κ1) is 23.2. The number of allylic oxidation sites excluding steroid dienone is 4. The number of phenols is 4. The normalized spacial score (nSPS) is 18.1. The number of Topliss-reactive ketones (excluding diaryl/α,β-unsaturated/α-hetero) is 1. The number of hydrogen-bond acceptors (Lipinski definition) is 7. The van der Waals surface area contributed by atoms with Crippen LogP contribution in [0.1, 0.15) is 61.2 Å². The van der Waals surface area contributed by atoms with Crippen LogP contribution in [0.5, 0.6) is 28.7 Å². The summed E-state index contributed by atoms with van der Waals surface area (Å²) in [4.78, 5) is 12.9. The number of ketones is 1. The van der Waals surface area contributed by atoms with Crippen molar-refractivity contribution in [3.05, 3.63) is 64.3 Å². The summed E-state index contributed by atoms with van der Waals surface area (Å²) in [5, 5.41) is 50.9. The number of benzene rings is 2. The lowest BCUT2D eigenvalue weighted by molar-refractivity contribution is 0.0209. The number of hydrogen-bond donors (Lipinski definition) is 5. The summed E-state index contributed by atoms with van der Waals surface area (Å²) < 4.78 is 5.71. The fourth-order valence-electron chi connectivity index (χ4n) is 3.63. The molecule has 0 unspecified atom stereocenters. The molecule has 0 amide bonds. The van der Waals surface area contributed by atoms with Gasteiger partial charge in [-0.3, -0.25) is 4.79 Å². The van der Waals surface area contributed by atoms with Gasteiger partial charge < -0.3 is 30.3 Å². The Labute approximate surface area is 186 Å². The highest BCUT2D eigenvalue weighted by molar-refractivity contribution is 6.06. The lowest BCUT2D eigenvalue weighted by atomic mass is 9.90. The predicted molar refractivity (Wildman–Crippen MR) is 119 cm³/mol. The summed E-state index contributed by atoms with van der Waals surface area (Å²) in [5.74, 6) is -2.26. The van der Waals surface area contributed by atoms with Crippen LogP contribution in [0.15, 0.2) is 47.6 Å². The molecule has 7 heteroatoms. The van der Waals surface area contributed by atoms with Crippen molar-refractivity contribution in [3.63, 3.8) is 0 Å². The first-order valence-corrected chi connectivity index (χ1v) is 10.4. The first-order valence-electron chi connectivity index (χ1n) is 10.4. The molecule has 1 heterocycles. The second-order valence-electron chi connectivity index (χ2n) is 8.27. The molecule has 0 aromatic heterocycles. The zero-order valence-electron chi connectivity index (χ0n) is 18.3. The largest absolute Gasteiger partial charge is 0.507 e. The van der Waals surface area contributed by atoms with E-state index < -0.39 is 29.5 Å². The van der Waals surface area contributed by atoms with E-state index in [-0.39, 0.29) is 40.4 Å². The topological polar surface area (TPSA) is 127 Å². The maximum absolute atomic E-state index is 12.9. The van der Waals surface area contributed by atoms with Crippen LogP contribution in [0.3, 0.4) is 0 Å². The van der Waals surface area contributed by atoms with Crippen molar-refractivity contribution in [1.82, 2.24) is 0 Å². The van der Waals surface area contributed by atoms with Crippen molar-refractivity contribution in [2.24, 2.45) is 0 Å². The fraction of sp³-hybridized carbons (Fsp3) is 0.320. The van der Waals surface area contributed by atoms with E-state index in [1.807, 2.05) is 26.8 Å². The molecular weight excluding hydrogens is 412 g/mol. The van der Waals surface area contributed by atoms with Gasteiger partial charge in [-0.15, -0.1) is 0 Å². The van der Waals surface area contributed by atoms with E-state index in [0.717, 1.165) is 18.4 Å². The van der Waals surface area contributed by atoms with Crippen molar-refractivity contribution in [2.45, 2.75) is 52.2 Å². The van der Waals surface area contributed by atoms with Crippen molar-refractivity contribution in [1.29, 1.82) is 0 Å². The molecule has 0 radical (unpaired) electrons. The molecule has 3 rings (SSSR count). The van der Waals surface area contributed by atoms with Gasteiger partial charge in [0.1, 0.15) is 22.8 Å². The highest BCUT2D eigenvalue weighted by Gasteiger charge is 2.40. The summed E-state index contributed by atoms with van der Waals surface area (Å²) in [5.41, 5.74) is 2.55. The van der Waals surface area contributed by atoms with Crippen LogP contribution >= 0.6 is 0 Å². The average Bonchev–Trinajstić information content (AvgIpc) is 2.72. The smallest absolute Gasteiger partial charge is 0.202 e. The van der Waals surface area contributed by atoms with Gasteiger partial charge >= 0.3 is 0 Å². The van der Waals surface area contributed by atoms with E-state index in [0.29, 0.717) is 0 Å². The number of fused-ring (bicyclic) bond motifs is 1. The Morgan fingerprint density at radius 2 is 1.72 bits per heavy atom. The third kappa shape index (κ3) is 4.73. The molecule has 0 saturated carbocycles. The van der Waals surface area contributed by atoms with Crippen LogP contribution < -0.4 is 4.74 Å². The van der Waals surface area contributed by atoms with Gasteiger partial charge in [0.05, 0.1) is 0 Å². The average molecular weight is 440 g/mol. The van der Waals surface area contributed by atoms with Crippen molar-refractivity contribution < 1.29 is 35.1 Å². The van der Waals surface area contributed by atoms with Gasteiger partial charge in [-0.2, -0.15) is 0 Å². The van der Waals surface area contributed by atoms with Gasteiger partial charge in [-0.05, 0) is 57.7 Å². The molecule has 7 nitrogen and oxygen atoms in total. The molecule has 0 spiro atoms. The minimum Gasteiger partial charge on any atom is -0.507 e. The fourth-order valence-corrected chi connectivity index (χ4v) is 3.63. The van der Waals surface area contributed by atoms with E-state index in [9.17, 15) is 30.3 Å². The standard InChI is InChI=1S/C25H28O7/c1-13(2)5-4-6-14(3)7-9-16-18(27)12-20-21(22(16)29)23(30)24(31)25(32-20)15-8-10-17(26)19(28)11-15/h5,7-8,10-12,24-29,31H,4,6,9H2,1-3H3/b14-7+/t24-,25+/m1/s1. The van der Waals surface area contributed by atoms with E-state index in [1.165, 1.54) is 29.8 Å². The first-order chi connectivity index (χ1) is 15.1. The summed E-state index contributed by atoms with van der Waals surface area (Å²) in [6.45, 7) is 6.02. The zero-order valence-corrected chi connectivity index (χ0v) is 18.3. The molecule has 32 heavy (non-hydrogen) atoms. The van der Waals surface area contributed by atoms with E-state index >= 15 is 0 Å². The number of aliphatic hydroxyl groups excluding tert-OH is 1. The highest BCUT2D eigenvalue weighted by atomic mass is 16.5. The molecule has 170 valence electrons. The Morgan fingerprint density at radius 3 is 2.38 bits per heavy atom. The molecular formula is C25H28O7.